The van der Waals surface area contributed by atoms with Crippen LogP contribution in [0.15, 0.2) is 10.9 Å². The predicted octanol–water partition coefficient (Wildman–Crippen LogP) is 1.22. The molecule has 1 aromatic heterocycles. The van der Waals surface area contributed by atoms with Crippen LogP contribution in [0.1, 0.15) is 11.5 Å². The lowest BCUT2D eigenvalue weighted by atomic mass is 10.4. The van der Waals surface area contributed by atoms with Crippen molar-refractivity contribution >= 4 is 12.6 Å². The molecule has 1 aromatic rings. The quantitative estimate of drug-likeness (QED) is 0.684. The molecule has 0 aliphatic heterocycles. The number of nitrogens with zero attached hydrogens (tertiary/aromatic N) is 1. The summed E-state index contributed by atoms with van der Waals surface area (Å²) in [5, 5.41) is 0. The third-order valence-electron chi connectivity index (χ3n) is 1.23. The van der Waals surface area contributed by atoms with Crippen molar-refractivity contribution in [3.05, 3.63) is 27.9 Å². The molecule has 0 bridgehead atoms. The van der Waals surface area contributed by atoms with Gasteiger partial charge in [0.05, 0.1) is 0 Å². The van der Waals surface area contributed by atoms with E-state index in [9.17, 15) is 18.0 Å². The number of rotatable bonds is 1. The van der Waals surface area contributed by atoms with Gasteiger partial charge in [0.2, 0.25) is 0 Å². The Bertz CT molecular complexity index is 360. The Balaban J connectivity index is 3.24. The second kappa shape index (κ2) is 3.41. The Labute approximate surface area is 76.4 Å². The molecule has 0 aliphatic rings. The van der Waals surface area contributed by atoms with Gasteiger partial charge >= 0.3 is 6.18 Å². The van der Waals surface area contributed by atoms with E-state index in [2.05, 4.69) is 22.6 Å². The molecule has 72 valence electrons. The number of hydrogen-bond donors (Lipinski definition) is 2. The maximum atomic E-state index is 12.0. The van der Waals surface area contributed by atoms with Crippen molar-refractivity contribution in [1.82, 2.24) is 9.97 Å². The van der Waals surface area contributed by atoms with Gasteiger partial charge in [0.1, 0.15) is 5.82 Å². The van der Waals surface area contributed by atoms with Gasteiger partial charge in [-0.2, -0.15) is 25.8 Å². The van der Waals surface area contributed by atoms with Crippen LogP contribution in [0.3, 0.4) is 0 Å². The molecule has 1 heterocycles. The fraction of sp³-hybridized carbons (Fsp3) is 0.333. The van der Waals surface area contributed by atoms with E-state index in [1.807, 2.05) is 0 Å². The van der Waals surface area contributed by atoms with Crippen LogP contribution in [0.2, 0.25) is 0 Å². The zero-order valence-electron chi connectivity index (χ0n) is 6.22. The Morgan fingerprint density at radius 2 is 2.15 bits per heavy atom. The fourth-order valence-electron chi connectivity index (χ4n) is 0.728. The van der Waals surface area contributed by atoms with E-state index in [4.69, 9.17) is 0 Å². The highest BCUT2D eigenvalue weighted by Crippen LogP contribution is 2.26. The van der Waals surface area contributed by atoms with Gasteiger partial charge in [0.25, 0.3) is 5.56 Å². The van der Waals surface area contributed by atoms with E-state index in [-0.39, 0.29) is 11.6 Å². The molecule has 13 heavy (non-hydrogen) atoms. The van der Waals surface area contributed by atoms with Gasteiger partial charge in [-0.3, -0.25) is 4.79 Å². The van der Waals surface area contributed by atoms with Crippen LogP contribution >= 0.6 is 12.6 Å². The molecule has 0 spiro atoms. The lowest BCUT2D eigenvalue weighted by Crippen LogP contribution is -2.17. The lowest BCUT2D eigenvalue weighted by Gasteiger charge is -2.05. The van der Waals surface area contributed by atoms with Gasteiger partial charge in [-0.25, -0.2) is 4.98 Å². The average Bonchev–Trinajstić information content (AvgIpc) is 2.01. The first-order chi connectivity index (χ1) is 5.93. The van der Waals surface area contributed by atoms with E-state index < -0.39 is 17.4 Å². The minimum atomic E-state index is -4.59. The summed E-state index contributed by atoms with van der Waals surface area (Å²) < 4.78 is 36.1. The van der Waals surface area contributed by atoms with Gasteiger partial charge in [-0.15, -0.1) is 0 Å². The highest BCUT2D eigenvalue weighted by Gasteiger charge is 2.33. The van der Waals surface area contributed by atoms with Crippen molar-refractivity contribution in [3.8, 4) is 0 Å². The van der Waals surface area contributed by atoms with Crippen molar-refractivity contribution < 1.29 is 13.2 Å². The summed E-state index contributed by atoms with van der Waals surface area (Å²) in [4.78, 5) is 16.0. The smallest absolute Gasteiger partial charge is 0.310 e. The maximum Gasteiger partial charge on any atom is 0.433 e. The molecule has 0 unspecified atom stereocenters. The number of H-pyrrole nitrogens is 1. The normalized spacial score (nSPS) is 11.7. The number of halogens is 3. The predicted molar refractivity (Wildman–Crippen MR) is 42.5 cm³/mol. The van der Waals surface area contributed by atoms with Crippen LogP contribution < -0.4 is 5.56 Å². The Hall–Kier alpha value is -0.980. The summed E-state index contributed by atoms with van der Waals surface area (Å²) in [5.41, 5.74) is -2.02. The molecule has 0 saturated heterocycles. The number of aromatic amines is 1. The van der Waals surface area contributed by atoms with Gasteiger partial charge < -0.3 is 4.98 Å². The highest BCUT2D eigenvalue weighted by atomic mass is 32.1. The fourth-order valence-corrected chi connectivity index (χ4v) is 0.878. The van der Waals surface area contributed by atoms with E-state index >= 15 is 0 Å². The molecule has 0 aliphatic carbocycles. The zero-order chi connectivity index (χ0) is 10.1. The monoisotopic (exact) mass is 210 g/mol. The van der Waals surface area contributed by atoms with E-state index in [1.54, 1.807) is 0 Å². The Morgan fingerprint density at radius 3 is 2.62 bits per heavy atom. The van der Waals surface area contributed by atoms with Crippen molar-refractivity contribution in [2.45, 2.75) is 11.9 Å². The SMILES string of the molecule is O=c1cc(C(F)(F)F)nc(CS)[nH]1. The molecule has 1 N–H and O–H groups in total. The summed E-state index contributed by atoms with van der Waals surface area (Å²) in [6, 6.07) is 0.410. The van der Waals surface area contributed by atoms with Gasteiger partial charge in [0.15, 0.2) is 5.69 Å². The first-order valence-corrected chi connectivity index (χ1v) is 3.85. The summed E-state index contributed by atoms with van der Waals surface area (Å²) in [6.45, 7) is 0. The summed E-state index contributed by atoms with van der Waals surface area (Å²) >= 11 is 3.70. The molecule has 1 rings (SSSR count). The molecule has 0 saturated carbocycles. The van der Waals surface area contributed by atoms with Gasteiger partial charge in [-0.05, 0) is 0 Å². The molecule has 3 nitrogen and oxygen atoms in total. The number of nitrogens with one attached hydrogen (secondary N) is 1. The van der Waals surface area contributed by atoms with Crippen LogP contribution in [0, 0.1) is 0 Å². The topological polar surface area (TPSA) is 45.8 Å². The average molecular weight is 210 g/mol. The molecule has 0 radical (unpaired) electrons. The molecule has 7 heteroatoms. The minimum absolute atomic E-state index is 0.0425. The van der Waals surface area contributed by atoms with E-state index in [0.29, 0.717) is 6.07 Å². The zero-order valence-corrected chi connectivity index (χ0v) is 7.12. The molecular formula is C6H5F3N2OS. The van der Waals surface area contributed by atoms with Crippen molar-refractivity contribution in [1.29, 1.82) is 0 Å². The molecule has 0 aromatic carbocycles. The standard InChI is InChI=1S/C6H5F3N2OS/c7-6(8,9)3-1-5(12)11-4(2-13)10-3/h1,13H,2H2,(H,10,11,12). The van der Waals surface area contributed by atoms with Gasteiger partial charge in [0, 0.05) is 11.8 Å². The molecule has 0 fully saturated rings. The number of aromatic nitrogens is 2. The van der Waals surface area contributed by atoms with Gasteiger partial charge in [-0.1, -0.05) is 0 Å². The van der Waals surface area contributed by atoms with Crippen molar-refractivity contribution in [3.63, 3.8) is 0 Å². The third kappa shape index (κ3) is 2.48. The summed E-state index contributed by atoms with van der Waals surface area (Å²) in [6.07, 6.45) is -4.59. The number of thiol groups is 1. The largest absolute Gasteiger partial charge is 0.433 e. The summed E-state index contributed by atoms with van der Waals surface area (Å²) in [7, 11) is 0. The van der Waals surface area contributed by atoms with Crippen LogP contribution in [-0.4, -0.2) is 9.97 Å². The van der Waals surface area contributed by atoms with E-state index in [1.165, 1.54) is 0 Å². The van der Waals surface area contributed by atoms with E-state index in [0.717, 1.165) is 0 Å². The second-order valence-electron chi connectivity index (χ2n) is 2.23. The number of alkyl halides is 3. The lowest BCUT2D eigenvalue weighted by molar-refractivity contribution is -0.141. The van der Waals surface area contributed by atoms with Crippen molar-refractivity contribution in [2.24, 2.45) is 0 Å². The summed E-state index contributed by atoms with van der Waals surface area (Å²) in [5.74, 6) is -0.137. The molecular weight excluding hydrogens is 205 g/mol. The third-order valence-corrected chi connectivity index (χ3v) is 1.53. The van der Waals surface area contributed by atoms with Crippen LogP contribution in [-0.2, 0) is 11.9 Å². The highest BCUT2D eigenvalue weighted by molar-refractivity contribution is 7.79. The van der Waals surface area contributed by atoms with Crippen LogP contribution in [0.25, 0.3) is 0 Å². The maximum absolute atomic E-state index is 12.0. The molecule has 0 amide bonds. The molecule has 0 atom stereocenters. The first kappa shape index (κ1) is 10.1. The Kier molecular flexibility index (Phi) is 2.65. The van der Waals surface area contributed by atoms with Crippen molar-refractivity contribution in [2.75, 3.05) is 0 Å². The number of hydrogen-bond acceptors (Lipinski definition) is 3. The van der Waals surface area contributed by atoms with Crippen LogP contribution in [0.5, 0.6) is 0 Å². The second-order valence-corrected chi connectivity index (χ2v) is 2.55. The van der Waals surface area contributed by atoms with Crippen LogP contribution in [0.4, 0.5) is 13.2 Å². The first-order valence-electron chi connectivity index (χ1n) is 3.22. The Morgan fingerprint density at radius 1 is 1.54 bits per heavy atom. The minimum Gasteiger partial charge on any atom is -0.310 e.